The highest BCUT2D eigenvalue weighted by Crippen LogP contribution is 2.25. The molecular formula is C8H4ClF3IN3. The van der Waals surface area contributed by atoms with Crippen LogP contribution in [0.1, 0.15) is 0 Å². The zero-order valence-corrected chi connectivity index (χ0v) is 10.5. The standard InChI is InChI=1S/C8H4ClF3IN3/c9-6-1-5-4(2-14-6)7(13)15-16(5)3-8(10,11)12/h1-2H,3H2. The number of aromatic nitrogens is 3. The number of alkyl halides is 3. The highest BCUT2D eigenvalue weighted by molar-refractivity contribution is 14.1. The molecule has 2 heterocycles. The molecule has 0 atom stereocenters. The van der Waals surface area contributed by atoms with Crippen LogP contribution in [0.2, 0.25) is 5.15 Å². The van der Waals surface area contributed by atoms with Gasteiger partial charge in [0, 0.05) is 12.3 Å². The van der Waals surface area contributed by atoms with E-state index in [1.807, 2.05) is 22.6 Å². The van der Waals surface area contributed by atoms with Crippen LogP contribution in [-0.2, 0) is 6.54 Å². The molecule has 86 valence electrons. The summed E-state index contributed by atoms with van der Waals surface area (Å²) in [6.45, 7) is -1.13. The summed E-state index contributed by atoms with van der Waals surface area (Å²) in [4.78, 5) is 3.80. The molecule has 16 heavy (non-hydrogen) atoms. The van der Waals surface area contributed by atoms with Crippen molar-refractivity contribution >= 4 is 45.1 Å². The Balaban J connectivity index is 2.57. The van der Waals surface area contributed by atoms with Crippen LogP contribution in [0.5, 0.6) is 0 Å². The van der Waals surface area contributed by atoms with Gasteiger partial charge in [0.05, 0.1) is 10.9 Å². The number of halogens is 5. The Kier molecular flexibility index (Phi) is 2.99. The fraction of sp³-hybridized carbons (Fsp3) is 0.250. The van der Waals surface area contributed by atoms with Gasteiger partial charge < -0.3 is 0 Å². The molecular weight excluding hydrogens is 357 g/mol. The average molecular weight is 361 g/mol. The van der Waals surface area contributed by atoms with Crippen LogP contribution in [-0.4, -0.2) is 20.9 Å². The van der Waals surface area contributed by atoms with Crippen molar-refractivity contribution in [3.63, 3.8) is 0 Å². The third-order valence-electron chi connectivity index (χ3n) is 1.89. The van der Waals surface area contributed by atoms with Crippen molar-refractivity contribution < 1.29 is 13.2 Å². The molecule has 0 radical (unpaired) electrons. The summed E-state index contributed by atoms with van der Waals surface area (Å²) in [5, 5.41) is 4.51. The normalized spacial score (nSPS) is 12.3. The molecule has 0 aliphatic rings. The van der Waals surface area contributed by atoms with Gasteiger partial charge in [-0.2, -0.15) is 18.3 Å². The van der Waals surface area contributed by atoms with Gasteiger partial charge in [-0.25, -0.2) is 4.98 Å². The maximum Gasteiger partial charge on any atom is 0.408 e. The van der Waals surface area contributed by atoms with Crippen LogP contribution in [0.3, 0.4) is 0 Å². The van der Waals surface area contributed by atoms with Crippen molar-refractivity contribution in [3.05, 3.63) is 21.1 Å². The minimum absolute atomic E-state index is 0.146. The third-order valence-corrected chi connectivity index (χ3v) is 2.89. The van der Waals surface area contributed by atoms with Crippen molar-refractivity contribution in [3.8, 4) is 0 Å². The molecule has 2 aromatic rings. The first kappa shape index (κ1) is 11.9. The molecule has 0 saturated heterocycles. The summed E-state index contributed by atoms with van der Waals surface area (Å²) in [6, 6.07) is 1.37. The van der Waals surface area contributed by atoms with E-state index in [9.17, 15) is 13.2 Å². The van der Waals surface area contributed by atoms with Gasteiger partial charge in [0.1, 0.15) is 15.4 Å². The predicted octanol–water partition coefficient (Wildman–Crippen LogP) is 3.25. The molecule has 2 aromatic heterocycles. The van der Waals surface area contributed by atoms with Crippen molar-refractivity contribution in [2.45, 2.75) is 12.7 Å². The molecule has 0 saturated carbocycles. The molecule has 0 amide bonds. The molecule has 0 bridgehead atoms. The zero-order chi connectivity index (χ0) is 11.9. The van der Waals surface area contributed by atoms with Gasteiger partial charge in [-0.1, -0.05) is 11.6 Å². The average Bonchev–Trinajstić information content (AvgIpc) is 2.40. The number of rotatable bonds is 1. The van der Waals surface area contributed by atoms with E-state index in [0.717, 1.165) is 4.68 Å². The van der Waals surface area contributed by atoms with Gasteiger partial charge in [0.15, 0.2) is 0 Å². The first-order valence-electron chi connectivity index (χ1n) is 4.11. The summed E-state index contributed by atoms with van der Waals surface area (Å²) < 4.78 is 38.2. The molecule has 0 spiro atoms. The Hall–Kier alpha value is -0.570. The highest BCUT2D eigenvalue weighted by Gasteiger charge is 2.29. The molecule has 0 aliphatic heterocycles. The molecule has 8 heteroatoms. The predicted molar refractivity (Wildman–Crippen MR) is 61.3 cm³/mol. The molecule has 0 aliphatic carbocycles. The third kappa shape index (κ3) is 2.40. The number of hydrogen-bond donors (Lipinski definition) is 0. The first-order valence-corrected chi connectivity index (χ1v) is 5.57. The summed E-state index contributed by atoms with van der Waals surface area (Å²) in [6.07, 6.45) is -2.89. The topological polar surface area (TPSA) is 30.7 Å². The van der Waals surface area contributed by atoms with Crippen LogP contribution >= 0.6 is 34.2 Å². The second-order valence-electron chi connectivity index (χ2n) is 3.09. The van der Waals surface area contributed by atoms with E-state index >= 15 is 0 Å². The van der Waals surface area contributed by atoms with E-state index in [1.54, 1.807) is 0 Å². The second-order valence-corrected chi connectivity index (χ2v) is 4.50. The number of hydrogen-bond acceptors (Lipinski definition) is 2. The number of pyridine rings is 1. The Morgan fingerprint density at radius 3 is 2.75 bits per heavy atom. The highest BCUT2D eigenvalue weighted by atomic mass is 127. The number of fused-ring (bicyclic) bond motifs is 1. The van der Waals surface area contributed by atoms with Gasteiger partial charge in [0.25, 0.3) is 0 Å². The van der Waals surface area contributed by atoms with Crippen molar-refractivity contribution in [2.24, 2.45) is 0 Å². The quantitative estimate of drug-likeness (QED) is 0.577. The zero-order valence-electron chi connectivity index (χ0n) is 7.59. The van der Waals surface area contributed by atoms with Crippen LogP contribution in [0.15, 0.2) is 12.3 Å². The molecule has 2 rings (SSSR count). The Morgan fingerprint density at radius 1 is 1.44 bits per heavy atom. The molecule has 0 fully saturated rings. The van der Waals surface area contributed by atoms with Crippen LogP contribution in [0.25, 0.3) is 10.9 Å². The monoisotopic (exact) mass is 361 g/mol. The lowest BCUT2D eigenvalue weighted by molar-refractivity contribution is -0.141. The minimum atomic E-state index is -4.31. The smallest absolute Gasteiger partial charge is 0.254 e. The second kappa shape index (κ2) is 4.02. The summed E-state index contributed by atoms with van der Waals surface area (Å²) in [7, 11) is 0. The van der Waals surface area contributed by atoms with Crippen LogP contribution < -0.4 is 0 Å². The van der Waals surface area contributed by atoms with Gasteiger partial charge in [-0.15, -0.1) is 0 Å². The lowest BCUT2D eigenvalue weighted by atomic mass is 10.3. The van der Waals surface area contributed by atoms with E-state index in [0.29, 0.717) is 14.6 Å². The molecule has 0 aromatic carbocycles. The van der Waals surface area contributed by atoms with E-state index in [2.05, 4.69) is 10.1 Å². The summed E-state index contributed by atoms with van der Waals surface area (Å²) in [5.41, 5.74) is 0.335. The van der Waals surface area contributed by atoms with E-state index in [4.69, 9.17) is 11.6 Å². The Bertz CT molecular complexity index is 537. The van der Waals surface area contributed by atoms with Crippen molar-refractivity contribution in [1.29, 1.82) is 0 Å². The molecule has 0 N–H and O–H groups in total. The van der Waals surface area contributed by atoms with Gasteiger partial charge in [0.2, 0.25) is 0 Å². The molecule has 3 nitrogen and oxygen atoms in total. The van der Waals surface area contributed by atoms with Crippen LogP contribution in [0.4, 0.5) is 13.2 Å². The maximum atomic E-state index is 12.3. The maximum absolute atomic E-state index is 12.3. The van der Waals surface area contributed by atoms with Gasteiger partial charge in [-0.3, -0.25) is 4.68 Å². The Labute approximate surface area is 107 Å². The number of nitrogens with zero attached hydrogens (tertiary/aromatic N) is 3. The van der Waals surface area contributed by atoms with E-state index in [-0.39, 0.29) is 5.15 Å². The van der Waals surface area contributed by atoms with E-state index < -0.39 is 12.7 Å². The minimum Gasteiger partial charge on any atom is -0.254 e. The fourth-order valence-electron chi connectivity index (χ4n) is 1.30. The lowest BCUT2D eigenvalue weighted by Crippen LogP contribution is -2.18. The van der Waals surface area contributed by atoms with Crippen LogP contribution in [0, 0.1) is 3.70 Å². The first-order chi connectivity index (χ1) is 7.37. The lowest BCUT2D eigenvalue weighted by Gasteiger charge is -2.06. The van der Waals surface area contributed by atoms with Gasteiger partial charge >= 0.3 is 6.18 Å². The largest absolute Gasteiger partial charge is 0.408 e. The molecule has 0 unspecified atom stereocenters. The van der Waals surface area contributed by atoms with Crippen molar-refractivity contribution in [1.82, 2.24) is 14.8 Å². The fourth-order valence-corrected chi connectivity index (χ4v) is 2.12. The summed E-state index contributed by atoms with van der Waals surface area (Å²) in [5.74, 6) is 0. The SMILES string of the molecule is FC(F)(F)Cn1nc(I)c2cnc(Cl)cc21. The van der Waals surface area contributed by atoms with Crippen molar-refractivity contribution in [2.75, 3.05) is 0 Å². The summed E-state index contributed by atoms with van der Waals surface area (Å²) >= 11 is 7.50. The van der Waals surface area contributed by atoms with Gasteiger partial charge in [-0.05, 0) is 22.6 Å². The Morgan fingerprint density at radius 2 is 2.12 bits per heavy atom. The van der Waals surface area contributed by atoms with E-state index in [1.165, 1.54) is 12.3 Å².